The molecule has 5 nitrogen and oxygen atoms in total. The largest absolute Gasteiger partial charge is 0.471 e. The fourth-order valence-corrected chi connectivity index (χ4v) is 3.10. The summed E-state index contributed by atoms with van der Waals surface area (Å²) in [6, 6.07) is 9.73. The van der Waals surface area contributed by atoms with Crippen molar-refractivity contribution in [2.75, 3.05) is 7.11 Å². The number of rotatable bonds is 5. The van der Waals surface area contributed by atoms with Crippen LogP contribution in [0.25, 0.3) is 0 Å². The topological polar surface area (TPSA) is 61.8 Å². The van der Waals surface area contributed by atoms with E-state index in [1.54, 1.807) is 0 Å². The third kappa shape index (κ3) is 3.05. The molecule has 0 saturated heterocycles. The standard InChI is InChI=1S/C18H18O5/c1-21-17(20)15-11-23-18(16-13(9-19)7-8-14(15)16)22-10-12-5-3-2-4-6-12/h2-7,9,11,14,16,18H,8,10H2,1H3/t14-,16-,18+/m1/s1. The van der Waals surface area contributed by atoms with Gasteiger partial charge in [0.05, 0.1) is 31.5 Å². The van der Waals surface area contributed by atoms with Gasteiger partial charge in [0.15, 0.2) is 0 Å². The van der Waals surface area contributed by atoms with Crippen LogP contribution in [0.3, 0.4) is 0 Å². The van der Waals surface area contributed by atoms with Crippen molar-refractivity contribution >= 4 is 12.3 Å². The van der Waals surface area contributed by atoms with Crippen LogP contribution in [0.2, 0.25) is 0 Å². The van der Waals surface area contributed by atoms with Gasteiger partial charge in [-0.05, 0) is 17.6 Å². The highest BCUT2D eigenvalue weighted by atomic mass is 16.7. The highest BCUT2D eigenvalue weighted by molar-refractivity contribution is 5.90. The van der Waals surface area contributed by atoms with Crippen LogP contribution in [0.1, 0.15) is 12.0 Å². The number of ether oxygens (including phenoxy) is 3. The molecule has 0 unspecified atom stereocenters. The van der Waals surface area contributed by atoms with Gasteiger partial charge < -0.3 is 14.2 Å². The van der Waals surface area contributed by atoms with E-state index < -0.39 is 12.3 Å². The Kier molecular flexibility index (Phi) is 4.57. The summed E-state index contributed by atoms with van der Waals surface area (Å²) in [4.78, 5) is 23.2. The zero-order valence-electron chi connectivity index (χ0n) is 12.8. The SMILES string of the molecule is COC(=O)C1=CO[C@H](OCc2ccccc2)[C@@H]2C(C=O)=CC[C@H]12. The average Bonchev–Trinajstić information content (AvgIpc) is 3.04. The minimum absolute atomic E-state index is 0.142. The third-order valence-corrected chi connectivity index (χ3v) is 4.26. The Hall–Kier alpha value is -2.40. The van der Waals surface area contributed by atoms with E-state index in [1.165, 1.54) is 13.4 Å². The van der Waals surface area contributed by atoms with E-state index in [0.29, 0.717) is 24.2 Å². The molecule has 0 spiro atoms. The van der Waals surface area contributed by atoms with Gasteiger partial charge in [0.25, 0.3) is 0 Å². The minimum atomic E-state index is -0.590. The molecule has 2 aliphatic rings. The minimum Gasteiger partial charge on any atom is -0.471 e. The van der Waals surface area contributed by atoms with Crippen LogP contribution in [0.15, 0.2) is 53.8 Å². The highest BCUT2D eigenvalue weighted by Gasteiger charge is 2.44. The van der Waals surface area contributed by atoms with Gasteiger partial charge in [0, 0.05) is 5.92 Å². The van der Waals surface area contributed by atoms with Crippen LogP contribution in [0, 0.1) is 11.8 Å². The molecule has 0 bridgehead atoms. The number of hydrogen-bond donors (Lipinski definition) is 0. The van der Waals surface area contributed by atoms with Gasteiger partial charge in [0.1, 0.15) is 6.29 Å². The molecule has 0 aromatic heterocycles. The second-order valence-electron chi connectivity index (χ2n) is 5.56. The van der Waals surface area contributed by atoms with Gasteiger partial charge in [-0.2, -0.15) is 0 Å². The molecule has 1 aliphatic heterocycles. The van der Waals surface area contributed by atoms with E-state index in [2.05, 4.69) is 0 Å². The molecular weight excluding hydrogens is 296 g/mol. The molecule has 1 aliphatic carbocycles. The first-order chi connectivity index (χ1) is 11.2. The second-order valence-corrected chi connectivity index (χ2v) is 5.56. The maximum absolute atomic E-state index is 11.9. The summed E-state index contributed by atoms with van der Waals surface area (Å²) in [5.74, 6) is -0.852. The molecule has 0 saturated carbocycles. The number of fused-ring (bicyclic) bond motifs is 1. The Morgan fingerprint density at radius 2 is 2.13 bits per heavy atom. The molecule has 1 aromatic rings. The van der Waals surface area contributed by atoms with Crippen molar-refractivity contribution < 1.29 is 23.8 Å². The molecule has 0 radical (unpaired) electrons. The summed E-state index contributed by atoms with van der Waals surface area (Å²) in [5, 5.41) is 0. The molecule has 23 heavy (non-hydrogen) atoms. The summed E-state index contributed by atoms with van der Waals surface area (Å²) in [5.41, 5.74) is 2.08. The molecule has 5 heteroatoms. The fraction of sp³-hybridized carbons (Fsp3) is 0.333. The fourth-order valence-electron chi connectivity index (χ4n) is 3.10. The van der Waals surface area contributed by atoms with E-state index in [1.807, 2.05) is 36.4 Å². The first-order valence-electron chi connectivity index (χ1n) is 7.49. The van der Waals surface area contributed by atoms with Crippen LogP contribution >= 0.6 is 0 Å². The molecule has 1 aromatic carbocycles. The van der Waals surface area contributed by atoms with Gasteiger partial charge in [-0.3, -0.25) is 4.79 Å². The zero-order valence-corrected chi connectivity index (χ0v) is 12.8. The molecule has 120 valence electrons. The van der Waals surface area contributed by atoms with E-state index in [-0.39, 0.29) is 11.8 Å². The lowest BCUT2D eigenvalue weighted by atomic mass is 9.83. The molecule has 0 amide bonds. The van der Waals surface area contributed by atoms with Crippen LogP contribution < -0.4 is 0 Å². The van der Waals surface area contributed by atoms with E-state index in [0.717, 1.165) is 11.8 Å². The molecule has 0 fully saturated rings. The number of carbonyl (C=O) groups excluding carboxylic acids is 2. The van der Waals surface area contributed by atoms with Gasteiger partial charge in [-0.25, -0.2) is 4.79 Å². The Labute approximate surface area is 134 Å². The van der Waals surface area contributed by atoms with Crippen molar-refractivity contribution in [2.45, 2.75) is 19.3 Å². The number of carbonyl (C=O) groups is 2. The van der Waals surface area contributed by atoms with Crippen LogP contribution in [0.4, 0.5) is 0 Å². The number of esters is 1. The van der Waals surface area contributed by atoms with Gasteiger partial charge in [-0.1, -0.05) is 36.4 Å². The smallest absolute Gasteiger partial charge is 0.337 e. The highest BCUT2D eigenvalue weighted by Crippen LogP contribution is 2.43. The number of hydrogen-bond acceptors (Lipinski definition) is 5. The summed E-state index contributed by atoms with van der Waals surface area (Å²) in [6.45, 7) is 0.377. The summed E-state index contributed by atoms with van der Waals surface area (Å²) in [7, 11) is 1.33. The normalized spacial score (nSPS) is 25.7. The predicted octanol–water partition coefficient (Wildman–Crippen LogP) is 2.38. The van der Waals surface area contributed by atoms with E-state index in [4.69, 9.17) is 14.2 Å². The Morgan fingerprint density at radius 1 is 1.35 bits per heavy atom. The first kappa shape index (κ1) is 15.5. The Morgan fingerprint density at radius 3 is 2.83 bits per heavy atom. The lowest BCUT2D eigenvalue weighted by Crippen LogP contribution is -2.37. The van der Waals surface area contributed by atoms with Crippen molar-refractivity contribution in [1.82, 2.24) is 0 Å². The maximum atomic E-state index is 11.9. The van der Waals surface area contributed by atoms with Crippen molar-refractivity contribution in [3.05, 3.63) is 59.4 Å². The van der Waals surface area contributed by atoms with Crippen LogP contribution in [-0.4, -0.2) is 25.7 Å². The van der Waals surface area contributed by atoms with Gasteiger partial charge >= 0.3 is 5.97 Å². The Bertz CT molecular complexity index is 647. The Balaban J connectivity index is 1.77. The predicted molar refractivity (Wildman–Crippen MR) is 81.9 cm³/mol. The van der Waals surface area contributed by atoms with E-state index in [9.17, 15) is 9.59 Å². The monoisotopic (exact) mass is 314 g/mol. The molecule has 3 rings (SSSR count). The number of benzene rings is 1. The summed E-state index contributed by atoms with van der Waals surface area (Å²) in [6.07, 6.45) is 4.07. The van der Waals surface area contributed by atoms with Crippen LogP contribution in [-0.2, 0) is 30.4 Å². The zero-order chi connectivity index (χ0) is 16.2. The third-order valence-electron chi connectivity index (χ3n) is 4.26. The second kappa shape index (κ2) is 6.79. The molecular formula is C18H18O5. The molecule has 1 heterocycles. The van der Waals surface area contributed by atoms with Crippen molar-refractivity contribution in [1.29, 1.82) is 0 Å². The first-order valence-corrected chi connectivity index (χ1v) is 7.49. The lowest BCUT2D eigenvalue weighted by Gasteiger charge is -2.33. The number of methoxy groups -OCH3 is 1. The molecule has 3 atom stereocenters. The van der Waals surface area contributed by atoms with E-state index >= 15 is 0 Å². The van der Waals surface area contributed by atoms with Crippen molar-refractivity contribution in [3.63, 3.8) is 0 Å². The van der Waals surface area contributed by atoms with Crippen molar-refractivity contribution in [2.24, 2.45) is 11.8 Å². The lowest BCUT2D eigenvalue weighted by molar-refractivity contribution is -0.161. The maximum Gasteiger partial charge on any atom is 0.337 e. The van der Waals surface area contributed by atoms with Gasteiger partial charge in [-0.15, -0.1) is 0 Å². The summed E-state index contributed by atoms with van der Waals surface area (Å²) < 4.78 is 16.2. The van der Waals surface area contributed by atoms with Gasteiger partial charge in [0.2, 0.25) is 6.29 Å². The average molecular weight is 314 g/mol. The summed E-state index contributed by atoms with van der Waals surface area (Å²) >= 11 is 0. The van der Waals surface area contributed by atoms with Crippen molar-refractivity contribution in [3.8, 4) is 0 Å². The number of aldehydes is 1. The number of allylic oxidation sites excluding steroid dienone is 1. The molecule has 0 N–H and O–H groups in total. The van der Waals surface area contributed by atoms with Crippen LogP contribution in [0.5, 0.6) is 0 Å². The quantitative estimate of drug-likeness (QED) is 0.617.